The van der Waals surface area contributed by atoms with Crippen LogP contribution in [0.2, 0.25) is 0 Å². The highest BCUT2D eigenvalue weighted by Crippen LogP contribution is 2.33. The van der Waals surface area contributed by atoms with Gasteiger partial charge in [-0.3, -0.25) is 0 Å². The van der Waals surface area contributed by atoms with Gasteiger partial charge in [0.1, 0.15) is 18.3 Å². The van der Waals surface area contributed by atoms with Gasteiger partial charge < -0.3 is 34.6 Å². The molecule has 1 aliphatic rings. The van der Waals surface area contributed by atoms with E-state index < -0.39 is 42.3 Å². The molecule has 0 saturated carbocycles. The lowest BCUT2D eigenvalue weighted by Gasteiger charge is -2.44. The first-order valence-corrected chi connectivity index (χ1v) is 5.82. The molecule has 1 heterocycles. The van der Waals surface area contributed by atoms with Crippen LogP contribution in [-0.2, 0) is 19.0 Å². The van der Waals surface area contributed by atoms with Crippen molar-refractivity contribution in [3.63, 3.8) is 0 Å². The van der Waals surface area contributed by atoms with Crippen molar-refractivity contribution in [1.29, 1.82) is 0 Å². The molecule has 112 valence electrons. The molecule has 1 rings (SSSR count). The molecular weight excluding hydrogens is 260 g/mol. The number of esters is 1. The van der Waals surface area contributed by atoms with E-state index in [1.165, 1.54) is 14.0 Å². The first kappa shape index (κ1) is 16.3. The molecule has 1 saturated heterocycles. The van der Waals surface area contributed by atoms with Gasteiger partial charge in [-0.2, -0.15) is 0 Å². The van der Waals surface area contributed by atoms with Gasteiger partial charge in [-0.05, 0) is 6.92 Å². The Morgan fingerprint density at radius 3 is 2.37 bits per heavy atom. The summed E-state index contributed by atoms with van der Waals surface area (Å²) in [7, 11) is 2.29. The number of aliphatic hydroxyl groups excluding tert-OH is 4. The lowest BCUT2D eigenvalue weighted by Crippen LogP contribution is -2.63. The van der Waals surface area contributed by atoms with Crippen molar-refractivity contribution in [2.24, 2.45) is 0 Å². The lowest BCUT2D eigenvalue weighted by molar-refractivity contribution is -0.320. The number of aliphatic hydroxyl groups is 4. The average molecular weight is 280 g/mol. The summed E-state index contributed by atoms with van der Waals surface area (Å²) in [4.78, 5) is 11.7. The molecule has 19 heavy (non-hydrogen) atoms. The number of rotatable bonds is 4. The maximum atomic E-state index is 11.7. The second-order valence-corrected chi connectivity index (χ2v) is 4.52. The fourth-order valence-corrected chi connectivity index (χ4v) is 2.00. The first-order chi connectivity index (χ1) is 8.79. The van der Waals surface area contributed by atoms with E-state index in [0.717, 1.165) is 7.11 Å². The molecule has 4 N–H and O–H groups in total. The Bertz CT molecular complexity index is 316. The van der Waals surface area contributed by atoms with Crippen molar-refractivity contribution in [2.45, 2.75) is 49.7 Å². The van der Waals surface area contributed by atoms with Gasteiger partial charge in [0.15, 0.2) is 0 Å². The maximum absolute atomic E-state index is 11.7. The van der Waals surface area contributed by atoms with Gasteiger partial charge in [0, 0.05) is 13.5 Å². The summed E-state index contributed by atoms with van der Waals surface area (Å²) in [5.41, 5.74) is 0. The highest BCUT2D eigenvalue weighted by Gasteiger charge is 2.54. The molecule has 8 heteroatoms. The quantitative estimate of drug-likeness (QED) is 0.426. The second-order valence-electron chi connectivity index (χ2n) is 4.52. The van der Waals surface area contributed by atoms with Gasteiger partial charge in [0.2, 0.25) is 0 Å². The molecule has 0 unspecified atom stereocenters. The van der Waals surface area contributed by atoms with Gasteiger partial charge in [-0.1, -0.05) is 0 Å². The summed E-state index contributed by atoms with van der Waals surface area (Å²) < 4.78 is 14.7. The van der Waals surface area contributed by atoms with E-state index in [-0.39, 0.29) is 6.42 Å². The molecule has 0 bridgehead atoms. The molecule has 0 radical (unpaired) electrons. The van der Waals surface area contributed by atoms with E-state index >= 15 is 0 Å². The zero-order chi connectivity index (χ0) is 14.8. The summed E-state index contributed by atoms with van der Waals surface area (Å²) in [6.07, 6.45) is -7.28. The lowest BCUT2D eigenvalue weighted by atomic mass is 9.91. The number of ether oxygens (including phenoxy) is 3. The van der Waals surface area contributed by atoms with Crippen molar-refractivity contribution in [1.82, 2.24) is 0 Å². The predicted molar refractivity (Wildman–Crippen MR) is 60.9 cm³/mol. The zero-order valence-corrected chi connectivity index (χ0v) is 11.0. The van der Waals surface area contributed by atoms with Crippen LogP contribution >= 0.6 is 0 Å². The standard InChI is InChI=1S/C11H20O8/c1-5(12)7(14)9-8(15)6(13)4-11(18-3,19-9)10(16)17-2/h5-9,12-15H,4H2,1-3H3/t5-,6+,7-,8-,9+,11-/m1/s1. The molecule has 0 aromatic carbocycles. The van der Waals surface area contributed by atoms with E-state index in [4.69, 9.17) is 9.47 Å². The molecule has 8 nitrogen and oxygen atoms in total. The van der Waals surface area contributed by atoms with Crippen LogP contribution in [0, 0.1) is 0 Å². The van der Waals surface area contributed by atoms with Crippen LogP contribution in [0.1, 0.15) is 13.3 Å². The minimum atomic E-state index is -1.92. The number of hydrogen-bond acceptors (Lipinski definition) is 8. The Labute approximate surface area is 110 Å². The highest BCUT2D eigenvalue weighted by atomic mass is 16.7. The molecule has 1 aliphatic heterocycles. The average Bonchev–Trinajstić information content (AvgIpc) is 2.39. The molecular formula is C11H20O8. The third-order valence-electron chi connectivity index (χ3n) is 3.19. The van der Waals surface area contributed by atoms with Crippen LogP contribution < -0.4 is 0 Å². The molecule has 0 aromatic heterocycles. The summed E-state index contributed by atoms with van der Waals surface area (Å²) in [5.74, 6) is -2.82. The minimum Gasteiger partial charge on any atom is -0.465 e. The Morgan fingerprint density at radius 1 is 1.37 bits per heavy atom. The summed E-state index contributed by atoms with van der Waals surface area (Å²) in [6.45, 7) is 1.29. The number of hydrogen-bond donors (Lipinski definition) is 4. The van der Waals surface area contributed by atoms with Crippen molar-refractivity contribution < 1.29 is 39.4 Å². The third-order valence-corrected chi connectivity index (χ3v) is 3.19. The van der Waals surface area contributed by atoms with Gasteiger partial charge >= 0.3 is 5.97 Å². The minimum absolute atomic E-state index is 0.347. The molecule has 0 amide bonds. The van der Waals surface area contributed by atoms with E-state index in [1.807, 2.05) is 0 Å². The normalized spacial score (nSPS) is 38.6. The third kappa shape index (κ3) is 3.04. The van der Waals surface area contributed by atoms with Crippen LogP contribution in [0.3, 0.4) is 0 Å². The van der Waals surface area contributed by atoms with Gasteiger partial charge in [-0.15, -0.1) is 0 Å². The fourth-order valence-electron chi connectivity index (χ4n) is 2.00. The van der Waals surface area contributed by atoms with Crippen LogP contribution in [0.4, 0.5) is 0 Å². The van der Waals surface area contributed by atoms with Gasteiger partial charge in [0.25, 0.3) is 5.79 Å². The SMILES string of the molecule is COC(=O)[C@@]1(OC)C[C@H](O)[C@@H](O)[C@H]([C@H](O)[C@@H](C)O)O1. The van der Waals surface area contributed by atoms with Crippen LogP contribution in [0.5, 0.6) is 0 Å². The Morgan fingerprint density at radius 2 is 1.95 bits per heavy atom. The molecule has 6 atom stereocenters. The molecule has 0 aliphatic carbocycles. The maximum Gasteiger partial charge on any atom is 0.366 e. The Hall–Kier alpha value is -0.770. The van der Waals surface area contributed by atoms with E-state index in [1.54, 1.807) is 0 Å². The molecule has 0 spiro atoms. The topological polar surface area (TPSA) is 126 Å². The van der Waals surface area contributed by atoms with E-state index in [2.05, 4.69) is 4.74 Å². The largest absolute Gasteiger partial charge is 0.465 e. The van der Waals surface area contributed by atoms with Crippen LogP contribution in [-0.4, -0.2) is 76.9 Å². The number of methoxy groups -OCH3 is 2. The second kappa shape index (κ2) is 6.12. The highest BCUT2D eigenvalue weighted by molar-refractivity contribution is 5.78. The molecule has 1 fully saturated rings. The predicted octanol–water partition coefficient (Wildman–Crippen LogP) is -2.25. The summed E-state index contributed by atoms with van der Waals surface area (Å²) >= 11 is 0. The van der Waals surface area contributed by atoms with Crippen LogP contribution in [0.15, 0.2) is 0 Å². The fraction of sp³-hybridized carbons (Fsp3) is 0.909. The monoisotopic (exact) mass is 280 g/mol. The number of carbonyl (C=O) groups excluding carboxylic acids is 1. The van der Waals surface area contributed by atoms with Crippen molar-refractivity contribution in [3.8, 4) is 0 Å². The first-order valence-electron chi connectivity index (χ1n) is 5.82. The van der Waals surface area contributed by atoms with Crippen LogP contribution in [0.25, 0.3) is 0 Å². The Kier molecular flexibility index (Phi) is 5.25. The van der Waals surface area contributed by atoms with Gasteiger partial charge in [0.05, 0.1) is 19.3 Å². The zero-order valence-electron chi connectivity index (χ0n) is 11.0. The Balaban J connectivity index is 3.03. The van der Waals surface area contributed by atoms with E-state index in [0.29, 0.717) is 0 Å². The number of carbonyl (C=O) groups is 1. The molecule has 0 aromatic rings. The van der Waals surface area contributed by atoms with Gasteiger partial charge in [-0.25, -0.2) is 4.79 Å². The van der Waals surface area contributed by atoms with E-state index in [9.17, 15) is 25.2 Å². The smallest absolute Gasteiger partial charge is 0.366 e. The van der Waals surface area contributed by atoms with Crippen molar-refractivity contribution >= 4 is 5.97 Å². The summed E-state index contributed by atoms with van der Waals surface area (Å²) in [5, 5.41) is 38.7. The summed E-state index contributed by atoms with van der Waals surface area (Å²) in [6, 6.07) is 0. The van der Waals surface area contributed by atoms with Crippen molar-refractivity contribution in [2.75, 3.05) is 14.2 Å². The van der Waals surface area contributed by atoms with Crippen molar-refractivity contribution in [3.05, 3.63) is 0 Å².